The minimum atomic E-state index is -0.343. The molecule has 1 heterocycles. The Kier molecular flexibility index (Phi) is 4.92. The Hall–Kier alpha value is -2.57. The van der Waals surface area contributed by atoms with E-state index in [0.29, 0.717) is 23.4 Å². The van der Waals surface area contributed by atoms with E-state index < -0.39 is 0 Å². The summed E-state index contributed by atoms with van der Waals surface area (Å²) < 4.78 is 0. The van der Waals surface area contributed by atoms with Crippen molar-refractivity contribution in [3.8, 4) is 16.9 Å². The van der Waals surface area contributed by atoms with Crippen LogP contribution in [0.1, 0.15) is 6.92 Å². The van der Waals surface area contributed by atoms with E-state index in [1.807, 2.05) is 25.1 Å². The SMILES string of the molecule is CCNC(=O)Nc1cnc2ccc(-c3cc(Cl)c(O)c(Cl)c3)cc2n1. The van der Waals surface area contributed by atoms with E-state index in [1.54, 1.807) is 12.1 Å². The Morgan fingerprint density at radius 2 is 1.84 bits per heavy atom. The molecule has 0 spiro atoms. The first-order chi connectivity index (χ1) is 12.0. The van der Waals surface area contributed by atoms with Crippen LogP contribution in [-0.2, 0) is 0 Å². The highest BCUT2D eigenvalue weighted by Crippen LogP contribution is 2.36. The number of aromatic nitrogens is 2. The number of carbonyl (C=O) groups is 1. The molecule has 0 saturated heterocycles. The highest BCUT2D eigenvalue weighted by Gasteiger charge is 2.10. The van der Waals surface area contributed by atoms with Gasteiger partial charge in [0.1, 0.15) is 0 Å². The zero-order valence-corrected chi connectivity index (χ0v) is 14.7. The number of halogens is 2. The third-order valence-corrected chi connectivity index (χ3v) is 4.05. The zero-order valence-electron chi connectivity index (χ0n) is 13.2. The van der Waals surface area contributed by atoms with Crippen LogP contribution in [0.15, 0.2) is 36.5 Å². The van der Waals surface area contributed by atoms with E-state index >= 15 is 0 Å². The van der Waals surface area contributed by atoms with Crippen LogP contribution in [-0.4, -0.2) is 27.7 Å². The molecule has 3 aromatic rings. The molecule has 0 bridgehead atoms. The van der Waals surface area contributed by atoms with E-state index in [0.717, 1.165) is 11.1 Å². The topological polar surface area (TPSA) is 87.1 Å². The summed E-state index contributed by atoms with van der Waals surface area (Å²) in [5, 5.41) is 15.3. The number of benzene rings is 2. The van der Waals surface area contributed by atoms with Gasteiger partial charge in [0.2, 0.25) is 0 Å². The van der Waals surface area contributed by atoms with E-state index in [4.69, 9.17) is 23.2 Å². The minimum absolute atomic E-state index is 0.152. The summed E-state index contributed by atoms with van der Waals surface area (Å²) in [6, 6.07) is 8.37. The lowest BCUT2D eigenvalue weighted by Gasteiger charge is -2.08. The number of phenolic OH excluding ortho intramolecular Hbond substituents is 1. The Bertz CT molecular complexity index is 940. The first-order valence-electron chi connectivity index (χ1n) is 7.48. The van der Waals surface area contributed by atoms with E-state index in [2.05, 4.69) is 20.6 Å². The lowest BCUT2D eigenvalue weighted by molar-refractivity contribution is 0.252. The quantitative estimate of drug-likeness (QED) is 0.629. The maximum absolute atomic E-state index is 11.6. The van der Waals surface area contributed by atoms with Crippen LogP contribution in [0.2, 0.25) is 10.0 Å². The van der Waals surface area contributed by atoms with Crippen molar-refractivity contribution in [2.75, 3.05) is 11.9 Å². The number of rotatable bonds is 3. The molecule has 0 radical (unpaired) electrons. The molecule has 0 atom stereocenters. The third kappa shape index (κ3) is 3.75. The lowest BCUT2D eigenvalue weighted by Crippen LogP contribution is -2.28. The van der Waals surface area contributed by atoms with Gasteiger partial charge in [-0.1, -0.05) is 29.3 Å². The molecule has 8 heteroatoms. The van der Waals surface area contributed by atoms with Gasteiger partial charge >= 0.3 is 6.03 Å². The second kappa shape index (κ2) is 7.13. The monoisotopic (exact) mass is 376 g/mol. The molecular weight excluding hydrogens is 363 g/mol. The van der Waals surface area contributed by atoms with E-state index in [1.165, 1.54) is 6.20 Å². The van der Waals surface area contributed by atoms with Crippen LogP contribution in [0.5, 0.6) is 5.75 Å². The standard InChI is InChI=1S/C17H14Cl2N4O2/c1-2-20-17(25)23-15-8-21-13-4-3-9(7-14(13)22-15)10-5-11(18)16(24)12(19)6-10/h3-8,24H,2H2,1H3,(H2,20,22,23,25). The summed E-state index contributed by atoms with van der Waals surface area (Å²) in [6.07, 6.45) is 1.49. The number of carbonyl (C=O) groups excluding carboxylic acids is 1. The predicted molar refractivity (Wildman–Crippen MR) is 99.4 cm³/mol. The molecule has 0 saturated carbocycles. The minimum Gasteiger partial charge on any atom is -0.505 e. The lowest BCUT2D eigenvalue weighted by atomic mass is 10.0. The van der Waals surface area contributed by atoms with Gasteiger partial charge in [-0.05, 0) is 42.3 Å². The van der Waals surface area contributed by atoms with Crippen molar-refractivity contribution in [1.82, 2.24) is 15.3 Å². The van der Waals surface area contributed by atoms with Gasteiger partial charge in [-0.15, -0.1) is 0 Å². The summed E-state index contributed by atoms with van der Waals surface area (Å²) in [5.41, 5.74) is 2.83. The summed E-state index contributed by atoms with van der Waals surface area (Å²) in [5.74, 6) is 0.193. The number of hydrogen-bond acceptors (Lipinski definition) is 4. The second-order valence-corrected chi connectivity index (χ2v) is 6.05. The van der Waals surface area contributed by atoms with E-state index in [9.17, 15) is 9.90 Å². The summed E-state index contributed by atoms with van der Waals surface area (Å²) >= 11 is 12.0. The van der Waals surface area contributed by atoms with Gasteiger partial charge in [-0.3, -0.25) is 10.3 Å². The molecule has 1 aromatic heterocycles. The van der Waals surface area contributed by atoms with Gasteiger partial charge in [-0.2, -0.15) is 0 Å². The molecule has 2 aromatic carbocycles. The van der Waals surface area contributed by atoms with E-state index in [-0.39, 0.29) is 21.8 Å². The average Bonchev–Trinajstić information content (AvgIpc) is 2.58. The fraction of sp³-hybridized carbons (Fsp3) is 0.118. The van der Waals surface area contributed by atoms with Gasteiger partial charge in [0, 0.05) is 6.54 Å². The van der Waals surface area contributed by atoms with Crippen molar-refractivity contribution in [1.29, 1.82) is 0 Å². The molecule has 0 unspecified atom stereocenters. The largest absolute Gasteiger partial charge is 0.505 e. The molecule has 0 aliphatic rings. The highest BCUT2D eigenvalue weighted by atomic mass is 35.5. The van der Waals surface area contributed by atoms with Gasteiger partial charge < -0.3 is 10.4 Å². The van der Waals surface area contributed by atoms with Gasteiger partial charge in [0.15, 0.2) is 11.6 Å². The first kappa shape index (κ1) is 17.3. The normalized spacial score (nSPS) is 10.7. The number of fused-ring (bicyclic) bond motifs is 1. The van der Waals surface area contributed by atoms with Crippen molar-refractivity contribution in [2.24, 2.45) is 0 Å². The number of aromatic hydroxyl groups is 1. The molecule has 0 fully saturated rings. The molecular formula is C17H14Cl2N4O2. The second-order valence-electron chi connectivity index (χ2n) is 5.23. The summed E-state index contributed by atoms with van der Waals surface area (Å²) in [6.45, 7) is 2.34. The Labute approximate surface area is 153 Å². The maximum Gasteiger partial charge on any atom is 0.320 e. The summed E-state index contributed by atoms with van der Waals surface area (Å²) in [7, 11) is 0. The summed E-state index contributed by atoms with van der Waals surface area (Å²) in [4.78, 5) is 20.3. The van der Waals surface area contributed by atoms with Crippen LogP contribution in [0, 0.1) is 0 Å². The highest BCUT2D eigenvalue weighted by molar-refractivity contribution is 6.37. The fourth-order valence-electron chi connectivity index (χ4n) is 2.30. The zero-order chi connectivity index (χ0) is 18.0. The van der Waals surface area contributed by atoms with Crippen LogP contribution >= 0.6 is 23.2 Å². The van der Waals surface area contributed by atoms with Gasteiger partial charge in [-0.25, -0.2) is 9.78 Å². The Morgan fingerprint density at radius 1 is 1.12 bits per heavy atom. The smallest absolute Gasteiger partial charge is 0.320 e. The van der Waals surface area contributed by atoms with Crippen LogP contribution in [0.4, 0.5) is 10.6 Å². The third-order valence-electron chi connectivity index (χ3n) is 3.47. The van der Waals surface area contributed by atoms with Crippen LogP contribution in [0.3, 0.4) is 0 Å². The number of phenols is 1. The average molecular weight is 377 g/mol. The predicted octanol–water partition coefficient (Wildman–Crippen LogP) is 4.45. The number of hydrogen-bond donors (Lipinski definition) is 3. The molecule has 128 valence electrons. The molecule has 3 N–H and O–H groups in total. The Morgan fingerprint density at radius 3 is 2.52 bits per heavy atom. The number of nitrogens with zero attached hydrogens (tertiary/aromatic N) is 2. The Balaban J connectivity index is 1.99. The molecule has 2 amide bonds. The van der Waals surface area contributed by atoms with Gasteiger partial charge in [0.05, 0.1) is 27.3 Å². The molecule has 0 aliphatic carbocycles. The molecule has 3 rings (SSSR count). The van der Waals surface area contributed by atoms with Crippen molar-refractivity contribution in [3.63, 3.8) is 0 Å². The number of amides is 2. The molecule has 6 nitrogen and oxygen atoms in total. The van der Waals surface area contributed by atoms with Crippen LogP contribution in [0.25, 0.3) is 22.2 Å². The number of urea groups is 1. The van der Waals surface area contributed by atoms with Crippen molar-refractivity contribution < 1.29 is 9.90 Å². The van der Waals surface area contributed by atoms with Crippen molar-refractivity contribution >= 4 is 46.1 Å². The fourth-order valence-corrected chi connectivity index (χ4v) is 2.79. The van der Waals surface area contributed by atoms with Gasteiger partial charge in [0.25, 0.3) is 0 Å². The number of anilines is 1. The number of nitrogens with one attached hydrogen (secondary N) is 2. The first-order valence-corrected chi connectivity index (χ1v) is 8.23. The molecule has 0 aliphatic heterocycles. The van der Waals surface area contributed by atoms with Crippen LogP contribution < -0.4 is 10.6 Å². The van der Waals surface area contributed by atoms with Crippen molar-refractivity contribution in [2.45, 2.75) is 6.92 Å². The maximum atomic E-state index is 11.6. The molecule has 25 heavy (non-hydrogen) atoms. The van der Waals surface area contributed by atoms with Crippen molar-refractivity contribution in [3.05, 3.63) is 46.6 Å².